The van der Waals surface area contributed by atoms with Crippen LogP contribution in [0.4, 0.5) is 4.79 Å². The molecule has 0 spiro atoms. The highest BCUT2D eigenvalue weighted by atomic mass is 16.6. The van der Waals surface area contributed by atoms with E-state index in [4.69, 9.17) is 9.84 Å². The molecule has 18 heavy (non-hydrogen) atoms. The molecule has 0 aromatic heterocycles. The van der Waals surface area contributed by atoms with E-state index in [1.807, 2.05) is 25.7 Å². The van der Waals surface area contributed by atoms with Crippen molar-refractivity contribution in [1.82, 2.24) is 4.90 Å². The van der Waals surface area contributed by atoms with Crippen molar-refractivity contribution in [1.29, 1.82) is 0 Å². The highest BCUT2D eigenvalue weighted by Crippen LogP contribution is 2.47. The van der Waals surface area contributed by atoms with Gasteiger partial charge in [0.15, 0.2) is 0 Å². The Kier molecular flexibility index (Phi) is 3.85. The molecular weight excluding hydrogens is 230 g/mol. The number of nitrogens with zero attached hydrogens (tertiary/aromatic N) is 1. The zero-order chi connectivity index (χ0) is 13.3. The van der Waals surface area contributed by atoms with Gasteiger partial charge in [-0.1, -0.05) is 0 Å². The minimum Gasteiger partial charge on any atom is -0.444 e. The third-order valence-corrected chi connectivity index (χ3v) is 4.01. The van der Waals surface area contributed by atoms with Gasteiger partial charge >= 0.3 is 6.09 Å². The molecule has 1 saturated carbocycles. The first-order valence-electron chi connectivity index (χ1n) is 6.99. The van der Waals surface area contributed by atoms with Crippen LogP contribution in [-0.4, -0.2) is 41.4 Å². The molecule has 2 aliphatic rings. The first kappa shape index (κ1) is 13.7. The van der Waals surface area contributed by atoms with Crippen LogP contribution in [-0.2, 0) is 4.74 Å². The van der Waals surface area contributed by atoms with Gasteiger partial charge in [-0.15, -0.1) is 0 Å². The lowest BCUT2D eigenvalue weighted by Gasteiger charge is -2.33. The number of amides is 1. The Balaban J connectivity index is 1.75. The predicted octanol–water partition coefficient (Wildman–Crippen LogP) is 2.26. The number of hydrogen-bond donors (Lipinski definition) is 1. The maximum atomic E-state index is 11.9. The number of rotatable bonds is 2. The molecule has 4 nitrogen and oxygen atoms in total. The van der Waals surface area contributed by atoms with E-state index in [0.717, 1.165) is 25.9 Å². The Bertz CT molecular complexity index is 303. The van der Waals surface area contributed by atoms with Gasteiger partial charge in [-0.2, -0.15) is 0 Å². The van der Waals surface area contributed by atoms with Gasteiger partial charge in [-0.3, -0.25) is 0 Å². The van der Waals surface area contributed by atoms with Crippen LogP contribution < -0.4 is 0 Å². The fraction of sp³-hybridized carbons (Fsp3) is 0.929. The summed E-state index contributed by atoms with van der Waals surface area (Å²) < 4.78 is 5.38. The SMILES string of the molecule is CC(C)(C)OC(=O)N1CCC([C@@H]2C[C@H]2CO)CC1. The second-order valence-corrected chi connectivity index (χ2v) is 6.65. The van der Waals surface area contributed by atoms with Gasteiger partial charge in [0.25, 0.3) is 0 Å². The number of piperidine rings is 1. The van der Waals surface area contributed by atoms with Crippen molar-refractivity contribution in [2.45, 2.75) is 45.6 Å². The highest BCUT2D eigenvalue weighted by Gasteiger charge is 2.43. The lowest BCUT2D eigenvalue weighted by Crippen LogP contribution is -2.42. The van der Waals surface area contributed by atoms with E-state index in [2.05, 4.69) is 0 Å². The van der Waals surface area contributed by atoms with E-state index in [1.165, 1.54) is 6.42 Å². The average Bonchev–Trinajstić information content (AvgIpc) is 3.06. The van der Waals surface area contributed by atoms with E-state index in [9.17, 15) is 4.79 Å². The maximum absolute atomic E-state index is 11.9. The molecule has 2 fully saturated rings. The van der Waals surface area contributed by atoms with Crippen molar-refractivity contribution < 1.29 is 14.6 Å². The molecular formula is C14H25NO3. The number of aliphatic hydroxyl groups is 1. The van der Waals surface area contributed by atoms with Crippen molar-refractivity contribution >= 4 is 6.09 Å². The van der Waals surface area contributed by atoms with E-state index in [0.29, 0.717) is 24.4 Å². The molecule has 104 valence electrons. The lowest BCUT2D eigenvalue weighted by atomic mass is 9.91. The van der Waals surface area contributed by atoms with Gasteiger partial charge in [0.05, 0.1) is 0 Å². The normalized spacial score (nSPS) is 29.2. The van der Waals surface area contributed by atoms with Crippen molar-refractivity contribution in [2.24, 2.45) is 17.8 Å². The van der Waals surface area contributed by atoms with Crippen LogP contribution in [0.3, 0.4) is 0 Å². The Labute approximate surface area is 109 Å². The second kappa shape index (κ2) is 5.08. The summed E-state index contributed by atoms with van der Waals surface area (Å²) in [6.07, 6.45) is 3.10. The van der Waals surface area contributed by atoms with Gasteiger partial charge in [0, 0.05) is 19.7 Å². The largest absolute Gasteiger partial charge is 0.444 e. The van der Waals surface area contributed by atoms with Crippen molar-refractivity contribution in [3.8, 4) is 0 Å². The summed E-state index contributed by atoms with van der Waals surface area (Å²) in [6, 6.07) is 0. The summed E-state index contributed by atoms with van der Waals surface area (Å²) in [4.78, 5) is 13.7. The zero-order valence-electron chi connectivity index (χ0n) is 11.7. The summed E-state index contributed by atoms with van der Waals surface area (Å²) in [7, 11) is 0. The quantitative estimate of drug-likeness (QED) is 0.823. The smallest absolute Gasteiger partial charge is 0.410 e. The van der Waals surface area contributed by atoms with Crippen LogP contribution in [0.15, 0.2) is 0 Å². The first-order chi connectivity index (χ1) is 8.40. The molecule has 0 aromatic carbocycles. The molecule has 0 bridgehead atoms. The minimum absolute atomic E-state index is 0.185. The third kappa shape index (κ3) is 3.37. The molecule has 1 N–H and O–H groups in total. The van der Waals surface area contributed by atoms with Crippen LogP contribution in [0, 0.1) is 17.8 Å². The van der Waals surface area contributed by atoms with Crippen LogP contribution >= 0.6 is 0 Å². The van der Waals surface area contributed by atoms with Crippen LogP contribution in [0.5, 0.6) is 0 Å². The number of aliphatic hydroxyl groups excluding tert-OH is 1. The molecule has 1 aliphatic heterocycles. The standard InChI is InChI=1S/C14H25NO3/c1-14(2,3)18-13(17)15-6-4-10(5-7-15)12-8-11(12)9-16/h10-12,16H,4-9H2,1-3H3/t11-,12-/m0/s1. The Morgan fingerprint density at radius 1 is 1.33 bits per heavy atom. The van der Waals surface area contributed by atoms with Gasteiger partial charge in [-0.05, 0) is 57.8 Å². The van der Waals surface area contributed by atoms with Gasteiger partial charge < -0.3 is 14.7 Å². The number of ether oxygens (including phenoxy) is 1. The van der Waals surface area contributed by atoms with Crippen LogP contribution in [0.2, 0.25) is 0 Å². The molecule has 1 amide bonds. The fourth-order valence-corrected chi connectivity index (χ4v) is 2.89. The predicted molar refractivity (Wildman–Crippen MR) is 69.2 cm³/mol. The van der Waals surface area contributed by atoms with Crippen molar-refractivity contribution in [3.05, 3.63) is 0 Å². The maximum Gasteiger partial charge on any atom is 0.410 e. The highest BCUT2D eigenvalue weighted by molar-refractivity contribution is 5.68. The summed E-state index contributed by atoms with van der Waals surface area (Å²) in [5, 5.41) is 9.09. The Hall–Kier alpha value is -0.770. The number of carbonyl (C=O) groups excluding carboxylic acids is 1. The van der Waals surface area contributed by atoms with E-state index in [1.54, 1.807) is 0 Å². The second-order valence-electron chi connectivity index (χ2n) is 6.65. The van der Waals surface area contributed by atoms with Gasteiger partial charge in [0.1, 0.15) is 5.60 Å². The Morgan fingerprint density at radius 2 is 1.94 bits per heavy atom. The summed E-state index contributed by atoms with van der Waals surface area (Å²) >= 11 is 0. The lowest BCUT2D eigenvalue weighted by molar-refractivity contribution is 0.0172. The third-order valence-electron chi connectivity index (χ3n) is 4.01. The van der Waals surface area contributed by atoms with Gasteiger partial charge in [0.2, 0.25) is 0 Å². The Morgan fingerprint density at radius 3 is 2.39 bits per heavy atom. The molecule has 0 aromatic rings. The zero-order valence-corrected chi connectivity index (χ0v) is 11.7. The molecule has 1 aliphatic carbocycles. The molecule has 4 heteroatoms. The average molecular weight is 255 g/mol. The fourth-order valence-electron chi connectivity index (χ4n) is 2.89. The summed E-state index contributed by atoms with van der Waals surface area (Å²) in [6.45, 7) is 7.62. The number of likely N-dealkylation sites (tertiary alicyclic amines) is 1. The number of hydrogen-bond acceptors (Lipinski definition) is 3. The first-order valence-corrected chi connectivity index (χ1v) is 6.99. The molecule has 1 saturated heterocycles. The molecule has 1 heterocycles. The van der Waals surface area contributed by atoms with E-state index >= 15 is 0 Å². The van der Waals surface area contributed by atoms with Crippen LogP contribution in [0.25, 0.3) is 0 Å². The molecule has 2 atom stereocenters. The number of carbonyl (C=O) groups is 1. The summed E-state index contributed by atoms with van der Waals surface area (Å²) in [5.41, 5.74) is -0.410. The molecule has 0 radical (unpaired) electrons. The monoisotopic (exact) mass is 255 g/mol. The van der Waals surface area contributed by atoms with Crippen molar-refractivity contribution in [3.63, 3.8) is 0 Å². The summed E-state index contributed by atoms with van der Waals surface area (Å²) in [5.74, 6) is 1.93. The van der Waals surface area contributed by atoms with Gasteiger partial charge in [-0.25, -0.2) is 4.79 Å². The van der Waals surface area contributed by atoms with Crippen LogP contribution in [0.1, 0.15) is 40.0 Å². The molecule has 0 unspecified atom stereocenters. The van der Waals surface area contributed by atoms with Crippen molar-refractivity contribution in [2.75, 3.05) is 19.7 Å². The molecule has 2 rings (SSSR count). The van der Waals surface area contributed by atoms with E-state index in [-0.39, 0.29) is 6.09 Å². The van der Waals surface area contributed by atoms with E-state index < -0.39 is 5.60 Å². The topological polar surface area (TPSA) is 49.8 Å². The minimum atomic E-state index is -0.410.